The van der Waals surface area contributed by atoms with E-state index in [9.17, 15) is 4.79 Å². The largest absolute Gasteiger partial charge is 0.467 e. The number of ether oxygens (including phenoxy) is 1. The number of piperidine rings is 1. The van der Waals surface area contributed by atoms with Crippen LogP contribution in [-0.4, -0.2) is 60.2 Å². The molecule has 2 fully saturated rings. The van der Waals surface area contributed by atoms with Gasteiger partial charge in [0, 0.05) is 37.8 Å². The zero-order chi connectivity index (χ0) is 21.6. The van der Waals surface area contributed by atoms with E-state index in [1.807, 2.05) is 31.2 Å². The third-order valence-corrected chi connectivity index (χ3v) is 6.17. The van der Waals surface area contributed by atoms with Crippen LogP contribution in [0.2, 0.25) is 0 Å². The van der Waals surface area contributed by atoms with Crippen LogP contribution in [0.15, 0.2) is 24.3 Å². The van der Waals surface area contributed by atoms with Crippen molar-refractivity contribution in [2.75, 3.05) is 43.1 Å². The highest BCUT2D eigenvalue weighted by molar-refractivity contribution is 5.95. The lowest BCUT2D eigenvalue weighted by Gasteiger charge is -2.33. The molecule has 0 bridgehead atoms. The van der Waals surface area contributed by atoms with E-state index in [0.717, 1.165) is 63.0 Å². The summed E-state index contributed by atoms with van der Waals surface area (Å²) in [7, 11) is 1.60. The molecule has 0 radical (unpaired) electrons. The number of carbonyl (C=O) groups excluding carboxylic acids is 1. The molecule has 3 heterocycles. The van der Waals surface area contributed by atoms with Crippen LogP contribution in [0, 0.1) is 6.92 Å². The number of carbonyl (C=O) groups is 1. The fraction of sp³-hybridized carbons (Fsp3) is 0.565. The quantitative estimate of drug-likeness (QED) is 0.790. The summed E-state index contributed by atoms with van der Waals surface area (Å²) >= 11 is 0. The first-order valence-corrected chi connectivity index (χ1v) is 11.3. The predicted octanol–water partition coefficient (Wildman–Crippen LogP) is 2.97. The molecule has 8 nitrogen and oxygen atoms in total. The van der Waals surface area contributed by atoms with Gasteiger partial charge in [-0.25, -0.2) is 0 Å². The van der Waals surface area contributed by atoms with Gasteiger partial charge in [-0.2, -0.15) is 15.0 Å². The first kappa shape index (κ1) is 21.3. The number of rotatable bonds is 5. The van der Waals surface area contributed by atoms with Gasteiger partial charge in [0.05, 0.1) is 7.11 Å². The number of amides is 1. The van der Waals surface area contributed by atoms with E-state index < -0.39 is 0 Å². The predicted molar refractivity (Wildman–Crippen MR) is 121 cm³/mol. The minimum Gasteiger partial charge on any atom is -0.467 e. The topological polar surface area (TPSA) is 83.5 Å². The molecule has 0 saturated carbocycles. The van der Waals surface area contributed by atoms with Crippen LogP contribution in [0.3, 0.4) is 0 Å². The molecular weight excluding hydrogens is 392 g/mol. The molecule has 0 atom stereocenters. The fourth-order valence-electron chi connectivity index (χ4n) is 4.29. The lowest BCUT2D eigenvalue weighted by atomic mass is 10.0. The molecule has 1 amide bonds. The van der Waals surface area contributed by atoms with Crippen molar-refractivity contribution in [3.05, 3.63) is 35.4 Å². The first-order valence-electron chi connectivity index (χ1n) is 11.3. The molecule has 0 aliphatic carbocycles. The monoisotopic (exact) mass is 424 g/mol. The van der Waals surface area contributed by atoms with Crippen LogP contribution < -0.4 is 19.9 Å². The number of nitrogens with one attached hydrogen (secondary N) is 1. The first-order chi connectivity index (χ1) is 15.1. The average molecular weight is 425 g/mol. The number of anilines is 2. The highest BCUT2D eigenvalue weighted by Crippen LogP contribution is 2.23. The van der Waals surface area contributed by atoms with Crippen molar-refractivity contribution < 1.29 is 9.53 Å². The maximum Gasteiger partial charge on any atom is 0.322 e. The van der Waals surface area contributed by atoms with Crippen molar-refractivity contribution in [1.29, 1.82) is 0 Å². The zero-order valence-corrected chi connectivity index (χ0v) is 18.5. The number of aromatic nitrogens is 3. The third-order valence-electron chi connectivity index (χ3n) is 6.17. The van der Waals surface area contributed by atoms with Gasteiger partial charge in [-0.3, -0.25) is 4.79 Å². The van der Waals surface area contributed by atoms with Crippen LogP contribution in [-0.2, 0) is 0 Å². The number of hydrogen-bond donors (Lipinski definition) is 1. The molecule has 1 aromatic heterocycles. The summed E-state index contributed by atoms with van der Waals surface area (Å²) in [6.45, 7) is 5.48. The van der Waals surface area contributed by atoms with E-state index in [2.05, 4.69) is 25.1 Å². The van der Waals surface area contributed by atoms with Gasteiger partial charge in [0.2, 0.25) is 11.9 Å². The molecule has 1 N–H and O–H groups in total. The number of hydrogen-bond acceptors (Lipinski definition) is 7. The lowest BCUT2D eigenvalue weighted by molar-refractivity contribution is 0.0930. The summed E-state index contributed by atoms with van der Waals surface area (Å²) in [6, 6.07) is 8.21. The highest BCUT2D eigenvalue weighted by atomic mass is 16.5. The van der Waals surface area contributed by atoms with Crippen LogP contribution in [0.4, 0.5) is 11.9 Å². The van der Waals surface area contributed by atoms with E-state index in [-0.39, 0.29) is 11.9 Å². The molecule has 2 saturated heterocycles. The zero-order valence-electron chi connectivity index (χ0n) is 18.5. The minimum atomic E-state index is 0.00169. The second-order valence-corrected chi connectivity index (χ2v) is 8.37. The summed E-state index contributed by atoms with van der Waals surface area (Å²) < 4.78 is 5.37. The Labute approximate surface area is 184 Å². The Morgan fingerprint density at radius 3 is 2.16 bits per heavy atom. The summed E-state index contributed by atoms with van der Waals surface area (Å²) in [5, 5.41) is 3.19. The Bertz CT molecular complexity index is 889. The van der Waals surface area contributed by atoms with Gasteiger partial charge in [-0.1, -0.05) is 31.0 Å². The van der Waals surface area contributed by atoms with E-state index in [4.69, 9.17) is 9.72 Å². The fourth-order valence-corrected chi connectivity index (χ4v) is 4.29. The van der Waals surface area contributed by atoms with Gasteiger partial charge in [-0.15, -0.1) is 0 Å². The Kier molecular flexibility index (Phi) is 6.84. The third kappa shape index (κ3) is 5.24. The van der Waals surface area contributed by atoms with Gasteiger partial charge in [0.15, 0.2) is 0 Å². The van der Waals surface area contributed by atoms with Gasteiger partial charge in [0.25, 0.3) is 5.91 Å². The summed E-state index contributed by atoms with van der Waals surface area (Å²) in [4.78, 5) is 30.8. The molecule has 166 valence electrons. The van der Waals surface area contributed by atoms with Crippen LogP contribution in [0.5, 0.6) is 6.01 Å². The van der Waals surface area contributed by atoms with Crippen molar-refractivity contribution in [1.82, 2.24) is 20.3 Å². The van der Waals surface area contributed by atoms with Crippen molar-refractivity contribution in [3.8, 4) is 6.01 Å². The van der Waals surface area contributed by atoms with Gasteiger partial charge < -0.3 is 19.9 Å². The maximum atomic E-state index is 12.6. The van der Waals surface area contributed by atoms with E-state index in [1.165, 1.54) is 12.8 Å². The van der Waals surface area contributed by atoms with Crippen molar-refractivity contribution >= 4 is 17.8 Å². The molecule has 31 heavy (non-hydrogen) atoms. The molecule has 2 aliphatic rings. The number of methoxy groups -OCH3 is 1. The number of benzene rings is 1. The van der Waals surface area contributed by atoms with E-state index in [1.54, 1.807) is 7.11 Å². The van der Waals surface area contributed by atoms with Crippen LogP contribution in [0.25, 0.3) is 0 Å². The van der Waals surface area contributed by atoms with Gasteiger partial charge in [0.1, 0.15) is 0 Å². The number of aryl methyl sites for hydroxylation is 1. The second kappa shape index (κ2) is 9.94. The molecule has 0 spiro atoms. The normalized spacial score (nSPS) is 17.9. The van der Waals surface area contributed by atoms with Crippen LogP contribution in [0.1, 0.15) is 54.4 Å². The molecule has 1 aromatic carbocycles. The Morgan fingerprint density at radius 2 is 1.55 bits per heavy atom. The maximum absolute atomic E-state index is 12.6. The van der Waals surface area contributed by atoms with Crippen LogP contribution >= 0.6 is 0 Å². The summed E-state index contributed by atoms with van der Waals surface area (Å²) in [6.07, 6.45) is 6.54. The Balaban J connectivity index is 1.40. The lowest BCUT2D eigenvalue weighted by Crippen LogP contribution is -2.45. The van der Waals surface area contributed by atoms with Crippen molar-refractivity contribution in [2.24, 2.45) is 0 Å². The molecule has 0 unspecified atom stereocenters. The molecule has 8 heteroatoms. The summed E-state index contributed by atoms with van der Waals surface area (Å²) in [5.74, 6) is 1.37. The van der Waals surface area contributed by atoms with Gasteiger partial charge >= 0.3 is 6.01 Å². The van der Waals surface area contributed by atoms with E-state index in [0.29, 0.717) is 17.9 Å². The van der Waals surface area contributed by atoms with Crippen molar-refractivity contribution in [2.45, 2.75) is 51.5 Å². The number of nitrogens with zero attached hydrogens (tertiary/aromatic N) is 5. The summed E-state index contributed by atoms with van der Waals surface area (Å²) in [5.41, 5.74) is 1.74. The van der Waals surface area contributed by atoms with E-state index >= 15 is 0 Å². The standard InChI is InChI=1S/C23H32N6O2/c1-17-9-5-6-10-19(17)20(30)24-18-11-15-29(16-12-18)22-25-21(26-23(27-22)31-2)28-13-7-3-4-8-14-28/h5-6,9-10,18H,3-4,7-8,11-16H2,1-2H3,(H,24,30). The highest BCUT2D eigenvalue weighted by Gasteiger charge is 2.25. The SMILES string of the molecule is COc1nc(N2CCCCCC2)nc(N2CCC(NC(=O)c3ccccc3C)CC2)n1. The Morgan fingerprint density at radius 1 is 0.935 bits per heavy atom. The minimum absolute atomic E-state index is 0.00169. The molecule has 4 rings (SSSR count). The molecular formula is C23H32N6O2. The van der Waals surface area contributed by atoms with Gasteiger partial charge in [-0.05, 0) is 44.2 Å². The smallest absolute Gasteiger partial charge is 0.322 e. The van der Waals surface area contributed by atoms with Crippen molar-refractivity contribution in [3.63, 3.8) is 0 Å². The molecule has 2 aliphatic heterocycles. The second-order valence-electron chi connectivity index (χ2n) is 8.37. The molecule has 2 aromatic rings. The average Bonchev–Trinajstić information content (AvgIpc) is 3.09. The Hall–Kier alpha value is -2.90.